The van der Waals surface area contributed by atoms with Crippen molar-refractivity contribution in [3.63, 3.8) is 0 Å². The zero-order valence-corrected chi connectivity index (χ0v) is 16.7. The number of hydrogen-bond donors (Lipinski definition) is 2. The molecule has 0 saturated heterocycles. The first-order valence-corrected chi connectivity index (χ1v) is 9.95. The molecule has 1 aromatic carbocycles. The van der Waals surface area contributed by atoms with Crippen LogP contribution >= 0.6 is 0 Å². The van der Waals surface area contributed by atoms with Gasteiger partial charge in [-0.2, -0.15) is 18.3 Å². The van der Waals surface area contributed by atoms with Gasteiger partial charge in [0.05, 0.1) is 6.04 Å². The van der Waals surface area contributed by atoms with E-state index < -0.39 is 24.5 Å². The minimum absolute atomic E-state index is 0.0176. The fraction of sp³-hybridized carbons (Fsp3) is 0.381. The average Bonchev–Trinajstić information content (AvgIpc) is 3.22. The van der Waals surface area contributed by atoms with Crippen molar-refractivity contribution in [2.24, 2.45) is 5.73 Å². The molecule has 0 bridgehead atoms. The van der Waals surface area contributed by atoms with Crippen LogP contribution in [0, 0.1) is 0 Å². The number of nitrogens with two attached hydrogens (primary N) is 1. The Morgan fingerprint density at radius 2 is 2.10 bits per heavy atom. The van der Waals surface area contributed by atoms with E-state index in [-0.39, 0.29) is 29.5 Å². The predicted molar refractivity (Wildman–Crippen MR) is 108 cm³/mol. The minimum atomic E-state index is -4.47. The molecular weight excluding hydrogens is 411 g/mol. The molecule has 2 heterocycles. The monoisotopic (exact) mass is 433 g/mol. The van der Waals surface area contributed by atoms with E-state index in [1.165, 1.54) is 6.07 Å². The number of fused-ring (bicyclic) bond motifs is 1. The highest BCUT2D eigenvalue weighted by Crippen LogP contribution is 2.34. The van der Waals surface area contributed by atoms with Gasteiger partial charge in [0.2, 0.25) is 0 Å². The summed E-state index contributed by atoms with van der Waals surface area (Å²) < 4.78 is 39.8. The van der Waals surface area contributed by atoms with Crippen molar-refractivity contribution < 1.29 is 22.8 Å². The number of rotatable bonds is 5. The largest absolute Gasteiger partial charge is 0.406 e. The highest BCUT2D eigenvalue weighted by Gasteiger charge is 2.37. The second kappa shape index (κ2) is 7.75. The zero-order valence-electron chi connectivity index (χ0n) is 16.7. The molecule has 1 fully saturated rings. The van der Waals surface area contributed by atoms with E-state index in [0.717, 1.165) is 36.2 Å². The number of primary amides is 1. The van der Waals surface area contributed by atoms with Crippen molar-refractivity contribution in [3.8, 4) is 0 Å². The Morgan fingerprint density at radius 3 is 2.77 bits per heavy atom. The summed E-state index contributed by atoms with van der Waals surface area (Å²) in [6, 6.07) is 4.61. The summed E-state index contributed by atoms with van der Waals surface area (Å²) >= 11 is 0. The molecule has 4 rings (SSSR count). The highest BCUT2D eigenvalue weighted by atomic mass is 19.4. The van der Waals surface area contributed by atoms with Gasteiger partial charge >= 0.3 is 6.18 Å². The van der Waals surface area contributed by atoms with Crippen LogP contribution in [-0.2, 0) is 6.54 Å². The van der Waals surface area contributed by atoms with Crippen molar-refractivity contribution in [1.82, 2.24) is 14.7 Å². The number of alkyl halides is 3. The number of allylic oxidation sites excluding steroid dienone is 1. The van der Waals surface area contributed by atoms with Crippen LogP contribution in [0.3, 0.4) is 0 Å². The van der Waals surface area contributed by atoms with E-state index in [9.17, 15) is 22.8 Å². The first-order chi connectivity index (χ1) is 14.6. The molecular formula is C21H22F3N5O2. The van der Waals surface area contributed by atoms with Gasteiger partial charge in [-0.15, -0.1) is 0 Å². The summed E-state index contributed by atoms with van der Waals surface area (Å²) in [6.07, 6.45) is 0.995. The predicted octanol–water partition coefficient (Wildman–Crippen LogP) is 3.92. The number of aromatic nitrogens is 2. The standard InChI is InChI=1S/C21H22F3N5O2/c1-12-4-2-3-5-17(12)29-10-16(18(25)30)19(27-29)26-14-6-7-15-13(8-14)9-28(20(15)31)11-21(22,23)24/h6-8,10,17H,1-5,9,11H2,(H2,25,30)(H,26,27). The van der Waals surface area contributed by atoms with Gasteiger partial charge in [-0.1, -0.05) is 18.6 Å². The maximum absolute atomic E-state index is 12.7. The summed E-state index contributed by atoms with van der Waals surface area (Å²) in [5, 5.41) is 7.51. The maximum atomic E-state index is 12.7. The van der Waals surface area contributed by atoms with Crippen LogP contribution in [-0.4, -0.2) is 39.2 Å². The normalized spacial score (nSPS) is 18.9. The number of hydrogen-bond acceptors (Lipinski definition) is 4. The second-order valence-corrected chi connectivity index (χ2v) is 7.93. The van der Waals surface area contributed by atoms with E-state index in [2.05, 4.69) is 17.0 Å². The lowest BCUT2D eigenvalue weighted by molar-refractivity contribution is -0.140. The minimum Gasteiger partial charge on any atom is -0.365 e. The third-order valence-electron chi connectivity index (χ3n) is 5.63. The van der Waals surface area contributed by atoms with Crippen molar-refractivity contribution in [3.05, 3.63) is 53.2 Å². The summed E-state index contributed by atoms with van der Waals surface area (Å²) in [7, 11) is 0. The summed E-state index contributed by atoms with van der Waals surface area (Å²) in [5.74, 6) is -1.05. The smallest absolute Gasteiger partial charge is 0.365 e. The number of anilines is 2. The van der Waals surface area contributed by atoms with Gasteiger partial charge < -0.3 is 16.0 Å². The summed E-state index contributed by atoms with van der Waals surface area (Å²) in [6.45, 7) is 2.67. The number of nitrogens with zero attached hydrogens (tertiary/aromatic N) is 3. The van der Waals surface area contributed by atoms with E-state index in [0.29, 0.717) is 11.3 Å². The fourth-order valence-corrected chi connectivity index (χ4v) is 4.14. The Bertz CT molecular complexity index is 1060. The van der Waals surface area contributed by atoms with E-state index in [4.69, 9.17) is 5.73 Å². The third kappa shape index (κ3) is 4.28. The highest BCUT2D eigenvalue weighted by molar-refractivity contribution is 6.00. The van der Waals surface area contributed by atoms with E-state index in [1.54, 1.807) is 23.0 Å². The average molecular weight is 433 g/mol. The van der Waals surface area contributed by atoms with Crippen LogP contribution in [0.1, 0.15) is 58.0 Å². The maximum Gasteiger partial charge on any atom is 0.406 e. The van der Waals surface area contributed by atoms with Crippen molar-refractivity contribution in [2.45, 2.75) is 44.4 Å². The van der Waals surface area contributed by atoms with Crippen LogP contribution in [0.4, 0.5) is 24.7 Å². The molecule has 2 amide bonds. The third-order valence-corrected chi connectivity index (χ3v) is 5.63. The molecule has 1 aliphatic heterocycles. The van der Waals surface area contributed by atoms with Gasteiger partial charge in [0.25, 0.3) is 11.8 Å². The van der Waals surface area contributed by atoms with Gasteiger partial charge in [0.15, 0.2) is 5.82 Å². The Hall–Kier alpha value is -3.30. The van der Waals surface area contributed by atoms with Crippen molar-refractivity contribution >= 4 is 23.3 Å². The molecule has 3 N–H and O–H groups in total. The fourth-order valence-electron chi connectivity index (χ4n) is 4.14. The molecule has 1 aliphatic carbocycles. The Balaban J connectivity index is 1.58. The van der Waals surface area contributed by atoms with Crippen molar-refractivity contribution in [1.29, 1.82) is 0 Å². The molecule has 10 heteroatoms. The number of benzene rings is 1. The van der Waals surface area contributed by atoms with E-state index in [1.807, 2.05) is 0 Å². The second-order valence-electron chi connectivity index (χ2n) is 7.93. The summed E-state index contributed by atoms with van der Waals surface area (Å²) in [5.41, 5.74) is 7.96. The topological polar surface area (TPSA) is 93.2 Å². The molecule has 164 valence electrons. The van der Waals surface area contributed by atoms with Gasteiger partial charge in [0.1, 0.15) is 12.1 Å². The number of halogens is 3. The first-order valence-electron chi connectivity index (χ1n) is 9.95. The molecule has 7 nitrogen and oxygen atoms in total. The molecule has 1 unspecified atom stereocenters. The molecule has 1 saturated carbocycles. The molecule has 2 aliphatic rings. The van der Waals surface area contributed by atoms with Gasteiger partial charge in [-0.3, -0.25) is 14.3 Å². The van der Waals surface area contributed by atoms with Crippen molar-refractivity contribution in [2.75, 3.05) is 11.9 Å². The molecule has 0 radical (unpaired) electrons. The Labute approximate surface area is 176 Å². The van der Waals surface area contributed by atoms with Gasteiger partial charge in [-0.05, 0) is 43.0 Å². The van der Waals surface area contributed by atoms with Gasteiger partial charge in [-0.25, -0.2) is 0 Å². The Morgan fingerprint density at radius 1 is 1.32 bits per heavy atom. The first kappa shape index (κ1) is 21.0. The number of carbonyl (C=O) groups excluding carboxylic acids is 2. The quantitative estimate of drug-likeness (QED) is 0.699. The zero-order chi connectivity index (χ0) is 22.3. The molecule has 2 aromatic rings. The lowest BCUT2D eigenvalue weighted by Gasteiger charge is -2.24. The number of nitrogens with one attached hydrogen (secondary N) is 1. The van der Waals surface area contributed by atoms with Crippen LogP contribution in [0.5, 0.6) is 0 Å². The van der Waals surface area contributed by atoms with Crippen LogP contribution in [0.25, 0.3) is 0 Å². The lowest BCUT2D eigenvalue weighted by Crippen LogP contribution is -2.34. The Kier molecular flexibility index (Phi) is 5.24. The van der Waals surface area contributed by atoms with Crippen LogP contribution in [0.2, 0.25) is 0 Å². The lowest BCUT2D eigenvalue weighted by atomic mass is 9.91. The van der Waals surface area contributed by atoms with Crippen LogP contribution < -0.4 is 11.1 Å². The molecule has 31 heavy (non-hydrogen) atoms. The SMILES string of the molecule is C=C1CCCCC1n1cc(C(N)=O)c(Nc2ccc3c(c2)CN(CC(F)(F)F)C3=O)n1. The summed E-state index contributed by atoms with van der Waals surface area (Å²) in [4.78, 5) is 24.9. The molecule has 1 aromatic heterocycles. The number of amides is 2. The molecule has 0 spiro atoms. The van der Waals surface area contributed by atoms with Gasteiger partial charge in [0, 0.05) is 24.0 Å². The van der Waals surface area contributed by atoms with E-state index >= 15 is 0 Å². The number of carbonyl (C=O) groups is 2. The van der Waals surface area contributed by atoms with Crippen LogP contribution in [0.15, 0.2) is 36.5 Å². The molecule has 1 atom stereocenters.